The van der Waals surface area contributed by atoms with E-state index in [0.717, 1.165) is 5.76 Å². The predicted octanol–water partition coefficient (Wildman–Crippen LogP) is 2.57. The van der Waals surface area contributed by atoms with E-state index in [1.165, 1.54) is 0 Å². The molecule has 2 N–H and O–H groups in total. The molecular formula is C16H16N2O4. The van der Waals surface area contributed by atoms with Gasteiger partial charge in [0.05, 0.1) is 12.0 Å². The number of carbonyl (C=O) groups is 2. The van der Waals surface area contributed by atoms with Crippen LogP contribution in [-0.4, -0.2) is 17.9 Å². The van der Waals surface area contributed by atoms with E-state index in [1.807, 2.05) is 6.07 Å². The van der Waals surface area contributed by atoms with Crippen LogP contribution in [0.25, 0.3) is 0 Å². The molecular weight excluding hydrogens is 284 g/mol. The Hall–Kier alpha value is -2.76. The normalized spacial score (nSPS) is 16.4. The number of nitrogens with one attached hydrogen (secondary N) is 2. The molecule has 0 bridgehead atoms. The standard InChI is InChI=1S/C16H16N2O4/c1-10-16(20)18-13-9-11(4-6-14(13)22-10)17-15(19)7-5-12-3-2-8-21-12/h2-4,6,8-10H,5,7H2,1H3,(H,17,19)(H,18,20)/t10-/m0/s1. The Balaban J connectivity index is 1.62. The average molecular weight is 300 g/mol. The second kappa shape index (κ2) is 5.93. The SMILES string of the molecule is C[C@@H]1Oc2ccc(NC(=O)CCc3ccco3)cc2NC1=O. The highest BCUT2D eigenvalue weighted by Crippen LogP contribution is 2.32. The summed E-state index contributed by atoms with van der Waals surface area (Å²) >= 11 is 0. The van der Waals surface area contributed by atoms with Crippen molar-refractivity contribution >= 4 is 23.2 Å². The van der Waals surface area contributed by atoms with Gasteiger partial charge in [0.2, 0.25) is 5.91 Å². The van der Waals surface area contributed by atoms with Crippen molar-refractivity contribution in [1.82, 2.24) is 0 Å². The van der Waals surface area contributed by atoms with Gasteiger partial charge in [0.1, 0.15) is 11.5 Å². The first-order chi connectivity index (χ1) is 10.6. The summed E-state index contributed by atoms with van der Waals surface area (Å²) in [6, 6.07) is 8.78. The van der Waals surface area contributed by atoms with Gasteiger partial charge < -0.3 is 19.8 Å². The molecule has 114 valence electrons. The van der Waals surface area contributed by atoms with Crippen LogP contribution in [0.4, 0.5) is 11.4 Å². The van der Waals surface area contributed by atoms with Gasteiger partial charge in [-0.25, -0.2) is 0 Å². The lowest BCUT2D eigenvalue weighted by Gasteiger charge is -2.23. The molecule has 2 aromatic rings. The van der Waals surface area contributed by atoms with E-state index in [0.29, 0.717) is 30.0 Å². The zero-order chi connectivity index (χ0) is 15.5. The molecule has 6 heteroatoms. The van der Waals surface area contributed by atoms with Crippen molar-refractivity contribution in [3.63, 3.8) is 0 Å². The van der Waals surface area contributed by atoms with Gasteiger partial charge in [-0.1, -0.05) is 0 Å². The first-order valence-corrected chi connectivity index (χ1v) is 7.05. The molecule has 1 aromatic heterocycles. The van der Waals surface area contributed by atoms with E-state index < -0.39 is 6.10 Å². The number of hydrogen-bond acceptors (Lipinski definition) is 4. The molecule has 2 amide bonds. The number of fused-ring (bicyclic) bond motifs is 1. The van der Waals surface area contributed by atoms with Crippen molar-refractivity contribution < 1.29 is 18.7 Å². The van der Waals surface area contributed by atoms with Crippen molar-refractivity contribution in [1.29, 1.82) is 0 Å². The highest BCUT2D eigenvalue weighted by Gasteiger charge is 2.23. The smallest absolute Gasteiger partial charge is 0.265 e. The van der Waals surface area contributed by atoms with Crippen molar-refractivity contribution in [2.24, 2.45) is 0 Å². The fourth-order valence-electron chi connectivity index (χ4n) is 2.20. The van der Waals surface area contributed by atoms with Crippen LogP contribution < -0.4 is 15.4 Å². The van der Waals surface area contributed by atoms with Crippen LogP contribution in [0.1, 0.15) is 19.1 Å². The quantitative estimate of drug-likeness (QED) is 0.909. The molecule has 0 radical (unpaired) electrons. The summed E-state index contributed by atoms with van der Waals surface area (Å²) in [4.78, 5) is 23.5. The summed E-state index contributed by atoms with van der Waals surface area (Å²) in [5, 5.41) is 5.54. The highest BCUT2D eigenvalue weighted by molar-refractivity contribution is 5.99. The van der Waals surface area contributed by atoms with E-state index in [2.05, 4.69) is 10.6 Å². The highest BCUT2D eigenvalue weighted by atomic mass is 16.5. The molecule has 0 aliphatic carbocycles. The number of furan rings is 1. The van der Waals surface area contributed by atoms with E-state index in [4.69, 9.17) is 9.15 Å². The maximum atomic E-state index is 11.9. The minimum atomic E-state index is -0.513. The minimum absolute atomic E-state index is 0.118. The number of carbonyl (C=O) groups excluding carboxylic acids is 2. The van der Waals surface area contributed by atoms with Crippen LogP contribution >= 0.6 is 0 Å². The Morgan fingerprint density at radius 3 is 3.00 bits per heavy atom. The Kier molecular flexibility index (Phi) is 3.82. The first kappa shape index (κ1) is 14.2. The predicted molar refractivity (Wildman–Crippen MR) is 80.8 cm³/mol. The number of anilines is 2. The number of ether oxygens (including phenoxy) is 1. The fourth-order valence-corrected chi connectivity index (χ4v) is 2.20. The van der Waals surface area contributed by atoms with Crippen LogP contribution in [-0.2, 0) is 16.0 Å². The van der Waals surface area contributed by atoms with Gasteiger partial charge in [0.15, 0.2) is 6.10 Å². The number of amides is 2. The lowest BCUT2D eigenvalue weighted by Crippen LogP contribution is -2.34. The lowest BCUT2D eigenvalue weighted by molar-refractivity contribution is -0.122. The van der Waals surface area contributed by atoms with Crippen molar-refractivity contribution in [3.05, 3.63) is 42.4 Å². The Bertz CT molecular complexity index is 694. The molecule has 0 fully saturated rings. The van der Waals surface area contributed by atoms with E-state index in [-0.39, 0.29) is 11.8 Å². The van der Waals surface area contributed by atoms with E-state index >= 15 is 0 Å². The summed E-state index contributed by atoms with van der Waals surface area (Å²) < 4.78 is 10.6. The maximum absolute atomic E-state index is 11.9. The van der Waals surface area contributed by atoms with E-state index in [1.54, 1.807) is 37.5 Å². The second-order valence-corrected chi connectivity index (χ2v) is 5.09. The topological polar surface area (TPSA) is 80.6 Å². The van der Waals surface area contributed by atoms with Crippen LogP contribution in [0, 0.1) is 0 Å². The minimum Gasteiger partial charge on any atom is -0.479 e. The van der Waals surface area contributed by atoms with Gasteiger partial charge in [-0.15, -0.1) is 0 Å². The third-order valence-electron chi connectivity index (χ3n) is 3.37. The van der Waals surface area contributed by atoms with Crippen LogP contribution in [0.5, 0.6) is 5.75 Å². The molecule has 1 aliphatic rings. The van der Waals surface area contributed by atoms with Crippen LogP contribution in [0.15, 0.2) is 41.0 Å². The molecule has 0 saturated carbocycles. The summed E-state index contributed by atoms with van der Waals surface area (Å²) in [6.45, 7) is 1.68. The molecule has 3 rings (SSSR count). The second-order valence-electron chi connectivity index (χ2n) is 5.09. The van der Waals surface area contributed by atoms with Crippen molar-refractivity contribution in [3.8, 4) is 5.75 Å². The number of hydrogen-bond donors (Lipinski definition) is 2. The number of rotatable bonds is 4. The van der Waals surface area contributed by atoms with Crippen LogP contribution in [0.2, 0.25) is 0 Å². The molecule has 0 spiro atoms. The monoisotopic (exact) mass is 300 g/mol. The van der Waals surface area contributed by atoms with Crippen molar-refractivity contribution in [2.45, 2.75) is 25.9 Å². The first-order valence-electron chi connectivity index (χ1n) is 7.05. The summed E-state index contributed by atoms with van der Waals surface area (Å²) in [6.07, 6.45) is 1.94. The molecule has 0 unspecified atom stereocenters. The molecule has 6 nitrogen and oxygen atoms in total. The van der Waals surface area contributed by atoms with E-state index in [9.17, 15) is 9.59 Å². The number of aryl methyl sites for hydroxylation is 1. The van der Waals surface area contributed by atoms with Gasteiger partial charge in [-0.05, 0) is 37.3 Å². The molecule has 1 atom stereocenters. The van der Waals surface area contributed by atoms with Gasteiger partial charge in [0, 0.05) is 18.5 Å². The molecule has 1 aliphatic heterocycles. The third kappa shape index (κ3) is 3.11. The number of benzene rings is 1. The summed E-state index contributed by atoms with van der Waals surface area (Å²) in [5.41, 5.74) is 1.17. The summed E-state index contributed by atoms with van der Waals surface area (Å²) in [7, 11) is 0. The Morgan fingerprint density at radius 2 is 2.23 bits per heavy atom. The van der Waals surface area contributed by atoms with Gasteiger partial charge in [0.25, 0.3) is 5.91 Å². The zero-order valence-corrected chi connectivity index (χ0v) is 12.1. The molecule has 22 heavy (non-hydrogen) atoms. The molecule has 2 heterocycles. The maximum Gasteiger partial charge on any atom is 0.265 e. The zero-order valence-electron chi connectivity index (χ0n) is 12.1. The fraction of sp³-hybridized carbons (Fsp3) is 0.250. The van der Waals surface area contributed by atoms with Gasteiger partial charge in [-0.3, -0.25) is 9.59 Å². The lowest BCUT2D eigenvalue weighted by atomic mass is 10.2. The summed E-state index contributed by atoms with van der Waals surface area (Å²) in [5.74, 6) is 1.05. The van der Waals surface area contributed by atoms with Gasteiger partial charge >= 0.3 is 0 Å². The Morgan fingerprint density at radius 1 is 1.36 bits per heavy atom. The average Bonchev–Trinajstić information content (AvgIpc) is 3.00. The largest absolute Gasteiger partial charge is 0.479 e. The van der Waals surface area contributed by atoms with Crippen molar-refractivity contribution in [2.75, 3.05) is 10.6 Å². The molecule has 0 saturated heterocycles. The van der Waals surface area contributed by atoms with Crippen LogP contribution in [0.3, 0.4) is 0 Å². The third-order valence-corrected chi connectivity index (χ3v) is 3.37. The van der Waals surface area contributed by atoms with Gasteiger partial charge in [-0.2, -0.15) is 0 Å². The molecule has 1 aromatic carbocycles. The Labute approximate surface area is 127 Å².